The van der Waals surface area contributed by atoms with Gasteiger partial charge in [0.15, 0.2) is 0 Å². The van der Waals surface area contributed by atoms with Gasteiger partial charge in [-0.15, -0.1) is 0 Å². The van der Waals surface area contributed by atoms with E-state index in [1.807, 2.05) is 18.2 Å². The molecule has 34 heavy (non-hydrogen) atoms. The Morgan fingerprint density at radius 3 is 2.35 bits per heavy atom. The molecule has 1 aliphatic rings. The van der Waals surface area contributed by atoms with Gasteiger partial charge in [-0.25, -0.2) is 8.78 Å². The number of rotatable bonds is 5. The summed E-state index contributed by atoms with van der Waals surface area (Å²) in [6.07, 6.45) is 1.61. The van der Waals surface area contributed by atoms with E-state index < -0.39 is 11.9 Å². The molecule has 0 bridgehead atoms. The largest absolute Gasteiger partial charge is 0.394 e. The van der Waals surface area contributed by atoms with E-state index in [2.05, 4.69) is 20.9 Å². The third kappa shape index (κ3) is 4.24. The van der Waals surface area contributed by atoms with E-state index >= 15 is 0 Å². The smallest absolute Gasteiger partial charge is 0.251 e. The van der Waals surface area contributed by atoms with Gasteiger partial charge < -0.3 is 9.67 Å². The Bertz CT molecular complexity index is 1460. The molecule has 4 aromatic rings. The maximum Gasteiger partial charge on any atom is 0.251 e. The molecular weight excluding hydrogens is 502 g/mol. The van der Waals surface area contributed by atoms with E-state index in [-0.39, 0.29) is 18.0 Å². The van der Waals surface area contributed by atoms with Crippen molar-refractivity contribution in [1.82, 2.24) is 4.57 Å². The lowest BCUT2D eigenvalue weighted by molar-refractivity contribution is 0.246. The normalized spacial score (nSPS) is 13.5. The van der Waals surface area contributed by atoms with Gasteiger partial charge in [-0.05, 0) is 76.9 Å². The highest BCUT2D eigenvalue weighted by atomic mass is 79.9. The van der Waals surface area contributed by atoms with Crippen molar-refractivity contribution in [2.45, 2.75) is 12.6 Å². The summed E-state index contributed by atoms with van der Waals surface area (Å²) in [5.74, 6) is -0.757. The average molecular weight is 521 g/mol. The van der Waals surface area contributed by atoms with Gasteiger partial charge in [0.1, 0.15) is 11.6 Å². The van der Waals surface area contributed by atoms with Crippen molar-refractivity contribution < 1.29 is 13.9 Å². The van der Waals surface area contributed by atoms with Crippen LogP contribution in [0.1, 0.15) is 28.3 Å². The molecule has 0 saturated carbocycles. The molecule has 0 amide bonds. The minimum atomic E-state index is -0.717. The van der Waals surface area contributed by atoms with Gasteiger partial charge >= 0.3 is 0 Å². The van der Waals surface area contributed by atoms with Crippen molar-refractivity contribution in [3.63, 3.8) is 0 Å². The second-order valence-electron chi connectivity index (χ2n) is 8.11. The monoisotopic (exact) mass is 520 g/mol. The van der Waals surface area contributed by atoms with Crippen LogP contribution in [0.25, 0.3) is 11.1 Å². The quantitative estimate of drug-likeness (QED) is 0.378. The van der Waals surface area contributed by atoms with Crippen LogP contribution in [-0.4, -0.2) is 22.0 Å². The third-order valence-electron chi connectivity index (χ3n) is 5.95. The van der Waals surface area contributed by atoms with E-state index in [1.54, 1.807) is 30.5 Å². The lowest BCUT2D eigenvalue weighted by Gasteiger charge is -2.19. The number of benzene rings is 3. The molecule has 1 aromatic heterocycles. The van der Waals surface area contributed by atoms with Crippen molar-refractivity contribution >= 4 is 21.6 Å². The van der Waals surface area contributed by atoms with Crippen LogP contribution < -0.4 is 5.56 Å². The molecule has 4 nitrogen and oxygen atoms in total. The molecule has 7 heteroatoms. The van der Waals surface area contributed by atoms with E-state index in [1.165, 1.54) is 34.9 Å². The lowest BCUT2D eigenvalue weighted by atomic mass is 9.95. The highest BCUT2D eigenvalue weighted by Crippen LogP contribution is 2.29. The molecule has 2 heterocycles. The number of fused-ring (bicyclic) bond motifs is 1. The van der Waals surface area contributed by atoms with E-state index in [0.29, 0.717) is 22.1 Å². The Balaban J connectivity index is 1.50. The molecule has 1 aliphatic heterocycles. The predicted octanol–water partition coefficient (Wildman–Crippen LogP) is 5.49. The molecule has 0 spiro atoms. The van der Waals surface area contributed by atoms with Gasteiger partial charge in [0.25, 0.3) is 5.56 Å². The molecule has 0 fully saturated rings. The number of halogens is 3. The van der Waals surface area contributed by atoms with Crippen LogP contribution in [0.5, 0.6) is 0 Å². The molecule has 1 N–H and O–H groups in total. The molecule has 170 valence electrons. The number of hydrogen-bond acceptors (Lipinski definition) is 3. The van der Waals surface area contributed by atoms with Crippen LogP contribution in [0.3, 0.4) is 0 Å². The summed E-state index contributed by atoms with van der Waals surface area (Å²) in [7, 11) is 0. The fourth-order valence-corrected chi connectivity index (χ4v) is 4.75. The van der Waals surface area contributed by atoms with E-state index in [9.17, 15) is 18.7 Å². The summed E-state index contributed by atoms with van der Waals surface area (Å²) < 4.78 is 29.2. The molecule has 5 rings (SSSR count). The minimum absolute atomic E-state index is 0.302. The average Bonchev–Trinajstić information content (AvgIpc) is 3.24. The zero-order valence-corrected chi connectivity index (χ0v) is 19.5. The lowest BCUT2D eigenvalue weighted by Crippen LogP contribution is -2.27. The molecule has 0 radical (unpaired) electrons. The summed E-state index contributed by atoms with van der Waals surface area (Å²) in [5, 5.41) is 9.95. The van der Waals surface area contributed by atoms with E-state index in [4.69, 9.17) is 0 Å². The maximum atomic E-state index is 13.9. The first kappa shape index (κ1) is 22.4. The van der Waals surface area contributed by atoms with Crippen LogP contribution in [0.2, 0.25) is 0 Å². The van der Waals surface area contributed by atoms with Crippen molar-refractivity contribution in [2.24, 2.45) is 4.99 Å². The fraction of sp³-hybridized carbons (Fsp3) is 0.111. The second-order valence-corrected chi connectivity index (χ2v) is 9.02. The highest BCUT2D eigenvalue weighted by Gasteiger charge is 2.20. The fourth-order valence-electron chi connectivity index (χ4n) is 4.27. The first-order chi connectivity index (χ1) is 16.4. The summed E-state index contributed by atoms with van der Waals surface area (Å²) >= 11 is 3.26. The van der Waals surface area contributed by atoms with Crippen LogP contribution >= 0.6 is 15.9 Å². The molecule has 0 unspecified atom stereocenters. The Hall–Kier alpha value is -3.42. The van der Waals surface area contributed by atoms with Crippen molar-refractivity contribution in [3.05, 3.63) is 128 Å². The first-order valence-corrected chi connectivity index (χ1v) is 11.5. The summed E-state index contributed by atoms with van der Waals surface area (Å²) in [5.41, 5.74) is 5.37. The number of pyridine rings is 1. The highest BCUT2D eigenvalue weighted by molar-refractivity contribution is 9.10. The van der Waals surface area contributed by atoms with Gasteiger partial charge in [-0.1, -0.05) is 28.1 Å². The maximum absolute atomic E-state index is 13.9. The SMILES string of the molecule is O=c1cc(-c2ccc3c(c2)C(c2ccc(F)cc2)=NC3)ccn1[C@H](CO)c1cc(F)cc(Br)c1. The predicted molar refractivity (Wildman–Crippen MR) is 131 cm³/mol. The van der Waals surface area contributed by atoms with E-state index in [0.717, 1.165) is 28.0 Å². The Kier molecular flexibility index (Phi) is 5.98. The number of aromatic nitrogens is 1. The van der Waals surface area contributed by atoms with Crippen LogP contribution in [0, 0.1) is 11.6 Å². The number of aliphatic imine (C=N–C) groups is 1. The molecule has 0 aliphatic carbocycles. The van der Waals surface area contributed by atoms with Gasteiger partial charge in [-0.3, -0.25) is 9.79 Å². The third-order valence-corrected chi connectivity index (χ3v) is 6.41. The zero-order valence-electron chi connectivity index (χ0n) is 17.9. The van der Waals surface area contributed by atoms with Gasteiger partial charge in [0.05, 0.1) is 24.9 Å². The van der Waals surface area contributed by atoms with Gasteiger partial charge in [-0.2, -0.15) is 0 Å². The zero-order chi connectivity index (χ0) is 23.8. The minimum Gasteiger partial charge on any atom is -0.394 e. The first-order valence-electron chi connectivity index (χ1n) is 10.7. The molecule has 1 atom stereocenters. The number of nitrogens with zero attached hydrogens (tertiary/aromatic N) is 2. The molecule has 0 saturated heterocycles. The van der Waals surface area contributed by atoms with Crippen molar-refractivity contribution in [3.8, 4) is 11.1 Å². The topological polar surface area (TPSA) is 54.6 Å². The van der Waals surface area contributed by atoms with Crippen molar-refractivity contribution in [1.29, 1.82) is 0 Å². The Morgan fingerprint density at radius 2 is 1.65 bits per heavy atom. The number of aliphatic hydroxyl groups excluding tert-OH is 1. The Morgan fingerprint density at radius 1 is 0.912 bits per heavy atom. The van der Waals surface area contributed by atoms with Crippen LogP contribution in [-0.2, 0) is 6.54 Å². The van der Waals surface area contributed by atoms with Gasteiger partial charge in [0, 0.05) is 27.9 Å². The van der Waals surface area contributed by atoms with Gasteiger partial charge in [0.2, 0.25) is 0 Å². The second kappa shape index (κ2) is 9.08. The summed E-state index contributed by atoms with van der Waals surface area (Å²) in [4.78, 5) is 17.6. The summed E-state index contributed by atoms with van der Waals surface area (Å²) in [6.45, 7) is 0.191. The number of hydrogen-bond donors (Lipinski definition) is 1. The standard InChI is InChI=1S/C27H19BrF2N2O2/c28-21-9-20(10-23(30)13-21)25(15-33)32-8-7-18(12-26(32)34)17-1-2-19-14-31-27(24(19)11-17)16-3-5-22(29)6-4-16/h1-13,25,33H,14-15H2/t25-/m1/s1. The van der Waals surface area contributed by atoms with Crippen LogP contribution in [0.4, 0.5) is 8.78 Å². The van der Waals surface area contributed by atoms with Crippen LogP contribution in [0.15, 0.2) is 93.3 Å². The number of aliphatic hydroxyl groups is 1. The summed E-state index contributed by atoms with van der Waals surface area (Å²) in [6, 6.07) is 19.0. The molecule has 3 aromatic carbocycles. The van der Waals surface area contributed by atoms with Crippen molar-refractivity contribution in [2.75, 3.05) is 6.61 Å². The molecular formula is C27H19BrF2N2O2. The Labute approximate surface area is 203 Å².